The Hall–Kier alpha value is -4.43. The van der Waals surface area contributed by atoms with Gasteiger partial charge in [0.15, 0.2) is 6.04 Å². The first kappa shape index (κ1) is 51.4. The van der Waals surface area contributed by atoms with E-state index in [-0.39, 0.29) is 65.7 Å². The Morgan fingerprint density at radius 3 is 2.26 bits per heavy atom. The lowest BCUT2D eigenvalue weighted by atomic mass is 9.32. The van der Waals surface area contributed by atoms with E-state index in [1.165, 1.54) is 16.3 Å². The summed E-state index contributed by atoms with van der Waals surface area (Å²) in [6.45, 7) is 27.0. The van der Waals surface area contributed by atoms with Crippen LogP contribution in [0.2, 0.25) is 0 Å². The minimum atomic E-state index is -1.20. The van der Waals surface area contributed by atoms with Gasteiger partial charge in [-0.15, -0.1) is 0 Å². The average Bonchev–Trinajstić information content (AvgIpc) is 3.83. The number of carboxylic acids is 1. The van der Waals surface area contributed by atoms with Crippen molar-refractivity contribution in [3.63, 3.8) is 0 Å². The van der Waals surface area contributed by atoms with Crippen LogP contribution in [-0.4, -0.2) is 70.0 Å². The van der Waals surface area contributed by atoms with E-state index in [1.807, 2.05) is 0 Å². The summed E-state index contributed by atoms with van der Waals surface area (Å²) < 4.78 is 25.5. The lowest BCUT2D eigenvalue weighted by Gasteiger charge is -2.73. The van der Waals surface area contributed by atoms with Crippen molar-refractivity contribution in [1.29, 1.82) is 5.53 Å². The topological polar surface area (TPSA) is 231 Å². The van der Waals surface area contributed by atoms with Gasteiger partial charge < -0.3 is 24.1 Å². The first-order valence-corrected chi connectivity index (χ1v) is 25.0. The standard InChI is InChI=1S/C52H77N5O11/c1-29(2)31-15-20-52(28-66-44(63)47(6,7)24-39(58)65-27-34-33(55-56-53)23-38(67-34)57-26-30(3)42(60)54-45(57)64)22-21-50(11)32(41(31)52)13-14-36-49(10)18-17-37(68-40(59)25-46(4,5)43(61)62)48(8,9)35(49)16-19-51(36,50)12/h26,31-38,41,53H,1,13-25,27-28H2,2-12H3,(H-,54,60,61,62,64)/p+1/t31-,32+,33?,34?,35-,36+,37-,38?,41+,49-,50+,51+,52+/m0/s1. The Morgan fingerprint density at radius 2 is 1.60 bits per heavy atom. The highest BCUT2D eigenvalue weighted by Gasteiger charge is 2.71. The number of aliphatic carboxylic acids is 1. The third kappa shape index (κ3) is 8.76. The Balaban J connectivity index is 1.01. The maximum atomic E-state index is 14.1. The number of aryl methyl sites for hydroxylation is 1. The molecule has 3 unspecified atom stereocenters. The molecule has 6 aliphatic rings. The molecular formula is C52H78N5O11+. The summed E-state index contributed by atoms with van der Waals surface area (Å²) in [5.74, 6) is -0.700. The van der Waals surface area contributed by atoms with E-state index in [0.717, 1.165) is 64.2 Å². The molecule has 1 aromatic rings. The summed E-state index contributed by atoms with van der Waals surface area (Å²) in [5, 5.41) is 13.6. The van der Waals surface area contributed by atoms with Crippen LogP contribution >= 0.6 is 0 Å². The fraction of sp³-hybridized carbons (Fsp3) is 0.808. The molecule has 3 N–H and O–H groups in total. The van der Waals surface area contributed by atoms with Gasteiger partial charge >= 0.3 is 29.6 Å². The molecule has 1 saturated heterocycles. The Morgan fingerprint density at radius 1 is 0.912 bits per heavy atom. The molecule has 0 radical (unpaired) electrons. The second-order valence-electron chi connectivity index (χ2n) is 24.7. The van der Waals surface area contributed by atoms with Gasteiger partial charge in [0.1, 0.15) is 35.7 Å². The van der Waals surface area contributed by atoms with E-state index in [4.69, 9.17) is 24.5 Å². The number of aromatic nitrogens is 2. The number of hydrogen-bond donors (Lipinski definition) is 3. The van der Waals surface area contributed by atoms with Crippen LogP contribution in [0.3, 0.4) is 0 Å². The third-order valence-electron chi connectivity index (χ3n) is 19.5. The number of nitrogens with zero attached hydrogens (tertiary/aromatic N) is 3. The van der Waals surface area contributed by atoms with Gasteiger partial charge in [-0.05, 0) is 152 Å². The van der Waals surface area contributed by atoms with Crippen LogP contribution < -0.4 is 16.2 Å². The lowest BCUT2D eigenvalue weighted by Crippen LogP contribution is -2.67. The molecule has 0 spiro atoms. The van der Waals surface area contributed by atoms with Crippen molar-refractivity contribution in [3.8, 4) is 0 Å². The molecule has 16 heteroatoms. The van der Waals surface area contributed by atoms with Gasteiger partial charge in [-0.25, -0.2) is 4.79 Å². The molecule has 13 atom stereocenters. The Bertz CT molecular complexity index is 2360. The molecule has 2 heterocycles. The quantitative estimate of drug-likeness (QED) is 0.0525. The van der Waals surface area contributed by atoms with Crippen LogP contribution in [0.4, 0.5) is 0 Å². The van der Waals surface area contributed by atoms with Crippen LogP contribution in [0.5, 0.6) is 0 Å². The number of ether oxygens (including phenoxy) is 4. The van der Waals surface area contributed by atoms with Crippen LogP contribution in [-0.2, 0) is 38.1 Å². The number of carboxylic acid groups (broad SMARTS) is 1. The van der Waals surface area contributed by atoms with E-state index >= 15 is 0 Å². The van der Waals surface area contributed by atoms with Crippen molar-refractivity contribution in [3.05, 3.63) is 44.8 Å². The molecule has 0 amide bonds. The van der Waals surface area contributed by atoms with Crippen LogP contribution in [0.25, 0.3) is 0 Å². The van der Waals surface area contributed by atoms with Gasteiger partial charge in [-0.3, -0.25) is 33.5 Å². The van der Waals surface area contributed by atoms with Gasteiger partial charge in [0, 0.05) is 29.0 Å². The zero-order valence-electron chi connectivity index (χ0n) is 42.5. The molecule has 68 heavy (non-hydrogen) atoms. The fourth-order valence-corrected chi connectivity index (χ4v) is 15.5. The van der Waals surface area contributed by atoms with Crippen molar-refractivity contribution in [1.82, 2.24) is 14.5 Å². The number of nitrogens with one attached hydrogen (secondary N) is 2. The molecule has 1 aliphatic heterocycles. The first-order valence-electron chi connectivity index (χ1n) is 25.0. The predicted octanol–water partition coefficient (Wildman–Crippen LogP) is 8.62. The third-order valence-corrected chi connectivity index (χ3v) is 19.5. The number of H-pyrrole nitrogens is 1. The second-order valence-corrected chi connectivity index (χ2v) is 24.7. The zero-order chi connectivity index (χ0) is 50.2. The van der Waals surface area contributed by atoms with E-state index < -0.39 is 64.3 Å². The second kappa shape index (κ2) is 18.1. The summed E-state index contributed by atoms with van der Waals surface area (Å²) in [5.41, 5.74) is 4.90. The van der Waals surface area contributed by atoms with E-state index in [0.29, 0.717) is 35.2 Å². The normalized spacial score (nSPS) is 37.2. The number of esters is 3. The number of carbonyl (C=O) groups is 4. The number of fused-ring (bicyclic) bond motifs is 7. The largest absolute Gasteiger partial charge is 0.481 e. The number of allylic oxidation sites excluding steroid dienone is 1. The number of hydrogen-bond acceptors (Lipinski definition) is 12. The molecule has 376 valence electrons. The predicted molar refractivity (Wildman–Crippen MR) is 251 cm³/mol. The molecule has 7 rings (SSSR count). The van der Waals surface area contributed by atoms with Crippen LogP contribution in [0, 0.1) is 79.9 Å². The maximum absolute atomic E-state index is 14.1. The smallest absolute Gasteiger partial charge is 0.330 e. The summed E-state index contributed by atoms with van der Waals surface area (Å²) in [7, 11) is 0. The van der Waals surface area contributed by atoms with Gasteiger partial charge in [0.05, 0.1) is 30.3 Å². The number of rotatable bonds is 14. The summed E-state index contributed by atoms with van der Waals surface area (Å²) >= 11 is 0. The first-order chi connectivity index (χ1) is 31.6. The fourth-order valence-electron chi connectivity index (χ4n) is 15.5. The summed E-state index contributed by atoms with van der Waals surface area (Å²) in [4.78, 5) is 82.4. The Kier molecular flexibility index (Phi) is 13.7. The van der Waals surface area contributed by atoms with Gasteiger partial charge in [0.2, 0.25) is 4.91 Å². The maximum Gasteiger partial charge on any atom is 0.330 e. The molecule has 0 bridgehead atoms. The Labute approximate surface area is 400 Å². The minimum Gasteiger partial charge on any atom is -0.481 e. The van der Waals surface area contributed by atoms with E-state index in [2.05, 4.69) is 63.1 Å². The van der Waals surface area contributed by atoms with Gasteiger partial charge in [0.25, 0.3) is 5.56 Å². The highest BCUT2D eigenvalue weighted by Crippen LogP contribution is 2.77. The highest BCUT2D eigenvalue weighted by atomic mass is 16.6. The van der Waals surface area contributed by atoms with Gasteiger partial charge in [-0.1, -0.05) is 46.8 Å². The number of carbonyl (C=O) groups excluding carboxylic acids is 3. The van der Waals surface area contributed by atoms with Crippen LogP contribution in [0.15, 0.2) is 33.1 Å². The molecule has 5 aliphatic carbocycles. The van der Waals surface area contributed by atoms with Crippen molar-refractivity contribution in [2.45, 2.75) is 184 Å². The summed E-state index contributed by atoms with van der Waals surface area (Å²) in [6.07, 6.45) is 9.17. The zero-order valence-corrected chi connectivity index (χ0v) is 42.5. The SMILES string of the molecule is C=C(C)[C@@H]1CC[C@]2(COC(=O)C(C)(C)CC(=O)OCC3OC(n4cc(C)c(=O)[nH]c4=O)CC3N=[N+]=N)CC[C@]3(C)[C@H](CC[C@@H]4[C@@]5(C)CC[C@H](OC(=O)CC(C)(C)C(=O)O)C(C)(C)[C@@H]5CC[C@]43C)[C@@H]12. The average molecular weight is 949 g/mol. The van der Waals surface area contributed by atoms with Gasteiger partial charge in [-0.2, -0.15) is 0 Å². The lowest BCUT2D eigenvalue weighted by molar-refractivity contribution is -0.252. The molecule has 16 nitrogen and oxygen atoms in total. The molecule has 1 aromatic heterocycles. The molecular weight excluding hydrogens is 871 g/mol. The number of aromatic amines is 1. The van der Waals surface area contributed by atoms with Crippen molar-refractivity contribution < 1.29 is 43.2 Å². The summed E-state index contributed by atoms with van der Waals surface area (Å²) in [6, 6.07) is -0.685. The minimum absolute atomic E-state index is 0.0397. The van der Waals surface area contributed by atoms with Crippen molar-refractivity contribution in [2.75, 3.05) is 13.2 Å². The van der Waals surface area contributed by atoms with Crippen LogP contribution in [0.1, 0.15) is 164 Å². The van der Waals surface area contributed by atoms with Crippen molar-refractivity contribution in [2.24, 2.45) is 72.6 Å². The molecule has 5 saturated carbocycles. The van der Waals surface area contributed by atoms with E-state index in [1.54, 1.807) is 34.6 Å². The monoisotopic (exact) mass is 949 g/mol. The van der Waals surface area contributed by atoms with Crippen molar-refractivity contribution >= 4 is 23.9 Å². The highest BCUT2D eigenvalue weighted by molar-refractivity contribution is 5.83. The molecule has 6 fully saturated rings. The van der Waals surface area contributed by atoms with E-state index in [9.17, 15) is 33.9 Å². The molecule has 0 aromatic carbocycles.